The maximum absolute atomic E-state index is 10.9. The first-order valence-electron chi connectivity index (χ1n) is 5.64. The molecule has 1 aromatic carbocycles. The molecule has 0 unspecified atom stereocenters. The summed E-state index contributed by atoms with van der Waals surface area (Å²) in [6.07, 6.45) is 3.70. The van der Waals surface area contributed by atoms with Crippen LogP contribution in [0.2, 0.25) is 0 Å². The van der Waals surface area contributed by atoms with Gasteiger partial charge in [-0.3, -0.25) is 0 Å². The van der Waals surface area contributed by atoms with Gasteiger partial charge in [-0.15, -0.1) is 0 Å². The number of carboxylic acids is 1. The molecule has 0 bridgehead atoms. The minimum absolute atomic E-state index is 0.436. The SMILES string of the molecule is CCCCCSCc1ccccc1C(=O)O. The topological polar surface area (TPSA) is 37.3 Å². The first-order chi connectivity index (χ1) is 7.75. The Kier molecular flexibility index (Phi) is 6.01. The predicted octanol–water partition coefficient (Wildman–Crippen LogP) is 3.81. The number of unbranched alkanes of at least 4 members (excludes halogenated alkanes) is 2. The van der Waals surface area contributed by atoms with Gasteiger partial charge in [-0.2, -0.15) is 11.8 Å². The third kappa shape index (κ3) is 4.27. The van der Waals surface area contributed by atoms with Crippen molar-refractivity contribution < 1.29 is 9.90 Å². The van der Waals surface area contributed by atoms with Crippen LogP contribution in [-0.2, 0) is 5.75 Å². The molecule has 1 rings (SSSR count). The molecule has 0 radical (unpaired) electrons. The van der Waals surface area contributed by atoms with E-state index in [4.69, 9.17) is 5.11 Å². The minimum Gasteiger partial charge on any atom is -0.478 e. The van der Waals surface area contributed by atoms with E-state index in [0.29, 0.717) is 5.56 Å². The van der Waals surface area contributed by atoms with E-state index in [2.05, 4.69) is 6.92 Å². The van der Waals surface area contributed by atoms with Gasteiger partial charge in [0.1, 0.15) is 0 Å². The van der Waals surface area contributed by atoms with Crippen molar-refractivity contribution in [3.8, 4) is 0 Å². The Morgan fingerprint density at radius 2 is 2.06 bits per heavy atom. The van der Waals surface area contributed by atoms with Crippen molar-refractivity contribution in [2.75, 3.05) is 5.75 Å². The van der Waals surface area contributed by atoms with Crippen LogP contribution in [0.5, 0.6) is 0 Å². The van der Waals surface area contributed by atoms with Crippen LogP contribution in [-0.4, -0.2) is 16.8 Å². The quantitative estimate of drug-likeness (QED) is 0.734. The van der Waals surface area contributed by atoms with Crippen molar-refractivity contribution in [3.63, 3.8) is 0 Å². The fourth-order valence-electron chi connectivity index (χ4n) is 1.49. The lowest BCUT2D eigenvalue weighted by atomic mass is 10.1. The molecule has 0 spiro atoms. The molecule has 0 aliphatic carbocycles. The van der Waals surface area contributed by atoms with E-state index >= 15 is 0 Å². The normalized spacial score (nSPS) is 10.3. The Bertz CT molecular complexity index is 336. The zero-order chi connectivity index (χ0) is 11.8. The van der Waals surface area contributed by atoms with Crippen LogP contribution in [0.25, 0.3) is 0 Å². The number of thioether (sulfide) groups is 1. The predicted molar refractivity (Wildman–Crippen MR) is 69.1 cm³/mol. The second-order valence-corrected chi connectivity index (χ2v) is 4.83. The maximum Gasteiger partial charge on any atom is 0.335 e. The van der Waals surface area contributed by atoms with Gasteiger partial charge in [0.25, 0.3) is 0 Å². The van der Waals surface area contributed by atoms with E-state index in [9.17, 15) is 4.79 Å². The van der Waals surface area contributed by atoms with Gasteiger partial charge in [0.05, 0.1) is 5.56 Å². The van der Waals surface area contributed by atoms with E-state index in [1.807, 2.05) is 23.9 Å². The van der Waals surface area contributed by atoms with Gasteiger partial charge in [-0.05, 0) is 23.8 Å². The minimum atomic E-state index is -0.829. The molecule has 0 aliphatic heterocycles. The summed E-state index contributed by atoms with van der Waals surface area (Å²) in [5.41, 5.74) is 1.36. The summed E-state index contributed by atoms with van der Waals surface area (Å²) in [4.78, 5) is 10.9. The second-order valence-electron chi connectivity index (χ2n) is 3.72. The molecular formula is C13H18O2S. The Morgan fingerprint density at radius 3 is 2.75 bits per heavy atom. The first kappa shape index (κ1) is 13.1. The van der Waals surface area contributed by atoms with Crippen molar-refractivity contribution in [1.82, 2.24) is 0 Å². The van der Waals surface area contributed by atoms with Crippen LogP contribution in [0, 0.1) is 0 Å². The summed E-state index contributed by atoms with van der Waals surface area (Å²) < 4.78 is 0. The van der Waals surface area contributed by atoms with Gasteiger partial charge in [-0.25, -0.2) is 4.79 Å². The summed E-state index contributed by atoms with van der Waals surface area (Å²) in [7, 11) is 0. The van der Waals surface area contributed by atoms with Gasteiger partial charge in [0.2, 0.25) is 0 Å². The molecule has 1 N–H and O–H groups in total. The summed E-state index contributed by atoms with van der Waals surface area (Å²) >= 11 is 1.81. The van der Waals surface area contributed by atoms with Crippen molar-refractivity contribution in [2.24, 2.45) is 0 Å². The average molecular weight is 238 g/mol. The molecule has 0 fully saturated rings. The average Bonchev–Trinajstić information content (AvgIpc) is 2.29. The Hall–Kier alpha value is -0.960. The lowest BCUT2D eigenvalue weighted by Gasteiger charge is -2.05. The fraction of sp³-hybridized carbons (Fsp3) is 0.462. The number of carboxylic acid groups (broad SMARTS) is 1. The highest BCUT2D eigenvalue weighted by molar-refractivity contribution is 7.98. The lowest BCUT2D eigenvalue weighted by molar-refractivity contribution is 0.0696. The zero-order valence-corrected chi connectivity index (χ0v) is 10.4. The summed E-state index contributed by atoms with van der Waals surface area (Å²) in [5, 5.41) is 9.00. The molecular weight excluding hydrogens is 220 g/mol. The van der Waals surface area contributed by atoms with E-state index < -0.39 is 5.97 Å². The van der Waals surface area contributed by atoms with E-state index in [1.165, 1.54) is 19.3 Å². The highest BCUT2D eigenvalue weighted by atomic mass is 32.2. The Labute approximate surface area is 101 Å². The molecule has 0 heterocycles. The van der Waals surface area contributed by atoms with Crippen LogP contribution in [0.15, 0.2) is 24.3 Å². The van der Waals surface area contributed by atoms with Gasteiger partial charge in [0, 0.05) is 5.75 Å². The van der Waals surface area contributed by atoms with Crippen molar-refractivity contribution in [2.45, 2.75) is 31.9 Å². The lowest BCUT2D eigenvalue weighted by Crippen LogP contribution is -2.01. The van der Waals surface area contributed by atoms with Gasteiger partial charge in [-0.1, -0.05) is 38.0 Å². The van der Waals surface area contributed by atoms with Gasteiger partial charge < -0.3 is 5.11 Å². The number of benzene rings is 1. The van der Waals surface area contributed by atoms with Crippen molar-refractivity contribution >= 4 is 17.7 Å². The van der Waals surface area contributed by atoms with E-state index in [-0.39, 0.29) is 0 Å². The summed E-state index contributed by atoms with van der Waals surface area (Å²) in [5.74, 6) is 1.08. The van der Waals surface area contributed by atoms with Crippen molar-refractivity contribution in [3.05, 3.63) is 35.4 Å². The second kappa shape index (κ2) is 7.34. The van der Waals surface area contributed by atoms with E-state index in [1.54, 1.807) is 12.1 Å². The number of aromatic carboxylic acids is 1. The highest BCUT2D eigenvalue weighted by Gasteiger charge is 2.07. The zero-order valence-electron chi connectivity index (χ0n) is 9.61. The third-order valence-electron chi connectivity index (χ3n) is 2.40. The largest absolute Gasteiger partial charge is 0.478 e. The highest BCUT2D eigenvalue weighted by Crippen LogP contribution is 2.18. The maximum atomic E-state index is 10.9. The standard InChI is InChI=1S/C13H18O2S/c1-2-3-6-9-16-10-11-7-4-5-8-12(11)13(14)15/h4-5,7-8H,2-3,6,9-10H2,1H3,(H,14,15). The molecule has 1 aromatic rings. The van der Waals surface area contributed by atoms with Crippen LogP contribution < -0.4 is 0 Å². The molecule has 0 saturated carbocycles. The summed E-state index contributed by atoms with van der Waals surface area (Å²) in [6, 6.07) is 7.24. The van der Waals surface area contributed by atoms with Gasteiger partial charge in [0.15, 0.2) is 0 Å². The summed E-state index contributed by atoms with van der Waals surface area (Å²) in [6.45, 7) is 2.18. The van der Waals surface area contributed by atoms with Crippen LogP contribution >= 0.6 is 11.8 Å². The van der Waals surface area contributed by atoms with Crippen LogP contribution in [0.1, 0.15) is 42.1 Å². The molecule has 0 saturated heterocycles. The molecule has 88 valence electrons. The monoisotopic (exact) mass is 238 g/mol. The first-order valence-corrected chi connectivity index (χ1v) is 6.80. The molecule has 16 heavy (non-hydrogen) atoms. The number of hydrogen-bond donors (Lipinski definition) is 1. The number of carbonyl (C=O) groups is 1. The number of rotatable bonds is 7. The van der Waals surface area contributed by atoms with Crippen LogP contribution in [0.4, 0.5) is 0 Å². The fourth-order valence-corrected chi connectivity index (χ4v) is 2.52. The number of hydrogen-bond acceptors (Lipinski definition) is 2. The third-order valence-corrected chi connectivity index (χ3v) is 3.49. The van der Waals surface area contributed by atoms with Crippen molar-refractivity contribution in [1.29, 1.82) is 0 Å². The van der Waals surface area contributed by atoms with E-state index in [0.717, 1.165) is 17.1 Å². The Balaban J connectivity index is 2.44. The molecule has 0 amide bonds. The smallest absolute Gasteiger partial charge is 0.335 e. The van der Waals surface area contributed by atoms with Gasteiger partial charge >= 0.3 is 5.97 Å². The Morgan fingerprint density at radius 1 is 1.31 bits per heavy atom. The molecule has 0 aromatic heterocycles. The molecule has 0 aliphatic rings. The molecule has 0 atom stereocenters. The van der Waals surface area contributed by atoms with Crippen LogP contribution in [0.3, 0.4) is 0 Å². The molecule has 3 heteroatoms. The molecule has 2 nitrogen and oxygen atoms in total.